The molecular weight excluding hydrogens is 240 g/mol. The molecule has 3 N–H and O–H groups in total. The fourth-order valence-corrected chi connectivity index (χ4v) is 1.53. The van der Waals surface area contributed by atoms with Gasteiger partial charge in [-0.05, 0) is 12.1 Å². The molecule has 0 atom stereocenters. The fourth-order valence-electron chi connectivity index (χ4n) is 1.38. The van der Waals surface area contributed by atoms with Gasteiger partial charge in [0, 0.05) is 20.0 Å². The maximum absolute atomic E-state index is 5.78. The van der Waals surface area contributed by atoms with Gasteiger partial charge in [0.2, 0.25) is 0 Å². The largest absolute Gasteiger partial charge is 0.396 e. The van der Waals surface area contributed by atoms with Crippen LogP contribution in [0.15, 0.2) is 18.5 Å². The average Bonchev–Trinajstić information content (AvgIpc) is 2.69. The predicted molar refractivity (Wildman–Crippen MR) is 66.9 cm³/mol. The van der Waals surface area contributed by atoms with Crippen molar-refractivity contribution >= 4 is 23.1 Å². The number of hydrogen-bond acceptors (Lipinski definition) is 5. The molecule has 0 saturated heterocycles. The van der Waals surface area contributed by atoms with Gasteiger partial charge in [-0.25, -0.2) is 9.97 Å². The molecule has 2 heterocycles. The van der Waals surface area contributed by atoms with Crippen LogP contribution < -0.4 is 11.1 Å². The van der Waals surface area contributed by atoms with Gasteiger partial charge in [0.05, 0.1) is 5.69 Å². The molecule has 17 heavy (non-hydrogen) atoms. The number of anilines is 2. The number of nitrogens with one attached hydrogen (secondary N) is 1. The minimum absolute atomic E-state index is 0.415. The number of aryl methyl sites for hydroxylation is 1. The molecule has 2 aromatic rings. The van der Waals surface area contributed by atoms with Crippen LogP contribution in [0.2, 0.25) is 5.15 Å². The van der Waals surface area contributed by atoms with Gasteiger partial charge in [0.25, 0.3) is 0 Å². The van der Waals surface area contributed by atoms with Gasteiger partial charge in [0.15, 0.2) is 11.6 Å². The number of rotatable bonds is 4. The lowest BCUT2D eigenvalue weighted by Gasteiger charge is -2.07. The fraction of sp³-hybridized carbons (Fsp3) is 0.300. The van der Waals surface area contributed by atoms with Crippen molar-refractivity contribution in [3.8, 4) is 0 Å². The molecule has 0 aliphatic heterocycles. The van der Waals surface area contributed by atoms with E-state index in [4.69, 9.17) is 17.3 Å². The molecule has 0 fully saturated rings. The van der Waals surface area contributed by atoms with Crippen LogP contribution in [0.25, 0.3) is 0 Å². The summed E-state index contributed by atoms with van der Waals surface area (Å²) < 4.78 is 1.67. The summed E-state index contributed by atoms with van der Waals surface area (Å²) in [6.45, 7) is 0.654. The van der Waals surface area contributed by atoms with Crippen LogP contribution in [-0.4, -0.2) is 26.3 Å². The Morgan fingerprint density at radius 1 is 1.47 bits per heavy atom. The van der Waals surface area contributed by atoms with Crippen molar-refractivity contribution in [2.45, 2.75) is 6.42 Å². The number of nitrogen functional groups attached to an aromatic ring is 1. The molecule has 90 valence electrons. The summed E-state index contributed by atoms with van der Waals surface area (Å²) in [5.41, 5.74) is 6.33. The van der Waals surface area contributed by atoms with E-state index in [0.29, 0.717) is 29.6 Å². The molecule has 6 nitrogen and oxygen atoms in total. The predicted octanol–water partition coefficient (Wildman–Crippen LogP) is 1.10. The first-order chi connectivity index (χ1) is 8.15. The van der Waals surface area contributed by atoms with Crippen molar-refractivity contribution in [3.63, 3.8) is 0 Å². The van der Waals surface area contributed by atoms with Crippen molar-refractivity contribution in [1.29, 1.82) is 0 Å². The SMILES string of the molecule is Cn1cnc(CCNc2nc(Cl)ccc2N)n1. The van der Waals surface area contributed by atoms with E-state index in [0.717, 1.165) is 5.82 Å². The van der Waals surface area contributed by atoms with Gasteiger partial charge in [-0.3, -0.25) is 4.68 Å². The molecule has 0 spiro atoms. The highest BCUT2D eigenvalue weighted by atomic mass is 35.5. The van der Waals surface area contributed by atoms with Gasteiger partial charge < -0.3 is 11.1 Å². The Morgan fingerprint density at radius 2 is 2.29 bits per heavy atom. The summed E-state index contributed by atoms with van der Waals surface area (Å²) in [6.07, 6.45) is 2.37. The monoisotopic (exact) mass is 252 g/mol. The molecule has 0 aromatic carbocycles. The Labute approximate surface area is 104 Å². The van der Waals surface area contributed by atoms with Crippen molar-refractivity contribution in [2.75, 3.05) is 17.6 Å². The van der Waals surface area contributed by atoms with Crippen molar-refractivity contribution in [1.82, 2.24) is 19.7 Å². The molecule has 0 radical (unpaired) electrons. The Bertz CT molecular complexity index is 509. The van der Waals surface area contributed by atoms with E-state index in [9.17, 15) is 0 Å². The summed E-state index contributed by atoms with van der Waals surface area (Å²) in [5.74, 6) is 1.37. The Kier molecular flexibility index (Phi) is 3.43. The summed E-state index contributed by atoms with van der Waals surface area (Å²) in [7, 11) is 1.83. The highest BCUT2D eigenvalue weighted by Gasteiger charge is 2.03. The van der Waals surface area contributed by atoms with Crippen LogP contribution in [0.3, 0.4) is 0 Å². The first-order valence-electron chi connectivity index (χ1n) is 5.15. The van der Waals surface area contributed by atoms with Gasteiger partial charge in [-0.2, -0.15) is 5.10 Å². The quantitative estimate of drug-likeness (QED) is 0.797. The second-order valence-electron chi connectivity index (χ2n) is 3.58. The third-order valence-corrected chi connectivity index (χ3v) is 2.39. The third kappa shape index (κ3) is 3.07. The lowest BCUT2D eigenvalue weighted by molar-refractivity contribution is 0.742. The second kappa shape index (κ2) is 5.01. The Hall–Kier alpha value is -1.82. The van der Waals surface area contributed by atoms with Crippen LogP contribution >= 0.6 is 11.6 Å². The van der Waals surface area contributed by atoms with E-state index in [1.54, 1.807) is 23.1 Å². The first-order valence-corrected chi connectivity index (χ1v) is 5.53. The zero-order valence-electron chi connectivity index (χ0n) is 9.39. The van der Waals surface area contributed by atoms with Crippen LogP contribution in [0.1, 0.15) is 5.82 Å². The maximum atomic E-state index is 5.78. The molecule has 7 heteroatoms. The second-order valence-corrected chi connectivity index (χ2v) is 3.97. The summed E-state index contributed by atoms with van der Waals surface area (Å²) >= 11 is 5.78. The molecule has 0 aliphatic carbocycles. The summed E-state index contributed by atoms with van der Waals surface area (Å²) in [6, 6.07) is 3.37. The van der Waals surface area contributed by atoms with Gasteiger partial charge in [0.1, 0.15) is 11.5 Å². The van der Waals surface area contributed by atoms with Gasteiger partial charge >= 0.3 is 0 Å². The molecule has 0 amide bonds. The smallest absolute Gasteiger partial charge is 0.152 e. The van der Waals surface area contributed by atoms with Crippen LogP contribution in [0.5, 0.6) is 0 Å². The molecule has 0 unspecified atom stereocenters. The molecule has 2 rings (SSSR count). The van der Waals surface area contributed by atoms with E-state index in [1.807, 2.05) is 7.05 Å². The first kappa shape index (κ1) is 11.7. The Morgan fingerprint density at radius 3 is 3.00 bits per heavy atom. The van der Waals surface area contributed by atoms with E-state index >= 15 is 0 Å². The van der Waals surface area contributed by atoms with E-state index in [1.165, 1.54) is 0 Å². The normalized spacial score (nSPS) is 10.5. The van der Waals surface area contributed by atoms with Crippen molar-refractivity contribution < 1.29 is 0 Å². The number of hydrogen-bond donors (Lipinski definition) is 2. The maximum Gasteiger partial charge on any atom is 0.152 e. The lowest BCUT2D eigenvalue weighted by Crippen LogP contribution is -2.09. The molecule has 0 aliphatic rings. The van der Waals surface area contributed by atoms with Crippen LogP contribution in [-0.2, 0) is 13.5 Å². The number of pyridine rings is 1. The summed E-state index contributed by atoms with van der Waals surface area (Å²) in [5, 5.41) is 7.69. The number of nitrogens with zero attached hydrogens (tertiary/aromatic N) is 4. The zero-order valence-corrected chi connectivity index (χ0v) is 10.1. The Balaban J connectivity index is 1.91. The van der Waals surface area contributed by atoms with Crippen LogP contribution in [0.4, 0.5) is 11.5 Å². The minimum Gasteiger partial charge on any atom is -0.396 e. The zero-order chi connectivity index (χ0) is 12.3. The highest BCUT2D eigenvalue weighted by Crippen LogP contribution is 2.17. The number of nitrogens with two attached hydrogens (primary N) is 1. The number of halogens is 1. The third-order valence-electron chi connectivity index (χ3n) is 2.18. The van der Waals surface area contributed by atoms with E-state index in [2.05, 4.69) is 20.4 Å². The average molecular weight is 253 g/mol. The van der Waals surface area contributed by atoms with Gasteiger partial charge in [-0.15, -0.1) is 0 Å². The number of aromatic nitrogens is 4. The molecular formula is C10H13ClN6. The topological polar surface area (TPSA) is 81.7 Å². The minimum atomic E-state index is 0.415. The lowest BCUT2D eigenvalue weighted by atomic mass is 10.3. The summed E-state index contributed by atoms with van der Waals surface area (Å²) in [4.78, 5) is 8.21. The standard InChI is InChI=1S/C10H13ClN6/c1-17-6-14-9(16-17)4-5-13-10-7(12)2-3-8(11)15-10/h2-3,6H,4-5,12H2,1H3,(H,13,15). The molecule has 0 saturated carbocycles. The van der Waals surface area contributed by atoms with E-state index < -0.39 is 0 Å². The highest BCUT2D eigenvalue weighted by molar-refractivity contribution is 6.29. The van der Waals surface area contributed by atoms with Crippen molar-refractivity contribution in [2.24, 2.45) is 7.05 Å². The molecule has 0 bridgehead atoms. The van der Waals surface area contributed by atoms with Crippen molar-refractivity contribution in [3.05, 3.63) is 29.4 Å². The molecule has 2 aromatic heterocycles. The van der Waals surface area contributed by atoms with E-state index in [-0.39, 0.29) is 0 Å². The van der Waals surface area contributed by atoms with Crippen LogP contribution in [0, 0.1) is 0 Å². The van der Waals surface area contributed by atoms with Gasteiger partial charge in [-0.1, -0.05) is 11.6 Å².